The van der Waals surface area contributed by atoms with Gasteiger partial charge in [0.25, 0.3) is 0 Å². The van der Waals surface area contributed by atoms with Crippen molar-refractivity contribution in [1.82, 2.24) is 4.90 Å². The van der Waals surface area contributed by atoms with Crippen LogP contribution in [0.5, 0.6) is 0 Å². The summed E-state index contributed by atoms with van der Waals surface area (Å²) in [5.74, 6) is 1.03. The van der Waals surface area contributed by atoms with Gasteiger partial charge < -0.3 is 10.5 Å². The van der Waals surface area contributed by atoms with Crippen LogP contribution in [0, 0.1) is 5.92 Å². The minimum atomic E-state index is 0.277. The number of nitrogens with zero attached hydrogens (tertiary/aromatic N) is 1. The molecule has 0 radical (unpaired) electrons. The van der Waals surface area contributed by atoms with Gasteiger partial charge in [0.2, 0.25) is 0 Å². The summed E-state index contributed by atoms with van der Waals surface area (Å²) in [6.07, 6.45) is 5.74. The molecule has 0 amide bonds. The molecule has 3 heteroatoms. The van der Waals surface area contributed by atoms with E-state index in [0.29, 0.717) is 0 Å². The molecule has 0 spiro atoms. The van der Waals surface area contributed by atoms with Gasteiger partial charge in [0, 0.05) is 18.2 Å². The van der Waals surface area contributed by atoms with E-state index < -0.39 is 0 Å². The Kier molecular flexibility index (Phi) is 3.56. The number of nitrogen functional groups attached to an aromatic ring is 1. The number of carbonyl (C=O) groups is 1. The van der Waals surface area contributed by atoms with E-state index in [0.717, 1.165) is 50.4 Å². The molecule has 1 heterocycles. The molecule has 1 aromatic rings. The van der Waals surface area contributed by atoms with Gasteiger partial charge in [0.05, 0.1) is 0 Å². The van der Waals surface area contributed by atoms with Gasteiger partial charge in [0.1, 0.15) is 6.29 Å². The van der Waals surface area contributed by atoms with Crippen molar-refractivity contribution in [1.29, 1.82) is 0 Å². The summed E-state index contributed by atoms with van der Waals surface area (Å²) in [6.45, 7) is 3.02. The number of hydrogen-bond donors (Lipinski definition) is 1. The zero-order valence-corrected chi connectivity index (χ0v) is 11.3. The molecule has 0 unspecified atom stereocenters. The Balaban J connectivity index is 1.64. The third-order valence-corrected chi connectivity index (χ3v) is 4.32. The van der Waals surface area contributed by atoms with Crippen LogP contribution in [0.25, 0.3) is 0 Å². The molecule has 2 fully saturated rings. The molecule has 19 heavy (non-hydrogen) atoms. The molecule has 0 aromatic heterocycles. The van der Waals surface area contributed by atoms with E-state index in [1.807, 2.05) is 0 Å². The standard InChI is InChI=1S/C16H22N2O/c17-16-8-13(7-15(9-16)14-1-2-14)10-18-5-3-12(11-19)4-6-18/h7-9,11-12,14H,1-6,10,17H2. The first-order valence-corrected chi connectivity index (χ1v) is 7.31. The van der Waals surface area contributed by atoms with Crippen LogP contribution in [0.1, 0.15) is 42.7 Å². The summed E-state index contributed by atoms with van der Waals surface area (Å²) in [7, 11) is 0. The fourth-order valence-electron chi connectivity index (χ4n) is 2.99. The highest BCUT2D eigenvalue weighted by Gasteiger charge is 2.24. The van der Waals surface area contributed by atoms with Crippen molar-refractivity contribution >= 4 is 12.0 Å². The molecule has 1 aliphatic carbocycles. The summed E-state index contributed by atoms with van der Waals surface area (Å²) in [5, 5.41) is 0. The number of piperidine rings is 1. The molecular weight excluding hydrogens is 236 g/mol. The van der Waals surface area contributed by atoms with E-state index in [4.69, 9.17) is 5.73 Å². The maximum absolute atomic E-state index is 10.8. The van der Waals surface area contributed by atoms with Gasteiger partial charge in [-0.3, -0.25) is 4.90 Å². The van der Waals surface area contributed by atoms with Crippen LogP contribution in [-0.2, 0) is 11.3 Å². The van der Waals surface area contributed by atoms with Gasteiger partial charge in [-0.1, -0.05) is 6.07 Å². The van der Waals surface area contributed by atoms with E-state index in [1.165, 1.54) is 24.0 Å². The highest BCUT2D eigenvalue weighted by Crippen LogP contribution is 2.41. The van der Waals surface area contributed by atoms with Crippen molar-refractivity contribution in [3.05, 3.63) is 29.3 Å². The Bertz CT molecular complexity index is 460. The maximum Gasteiger partial charge on any atom is 0.123 e. The van der Waals surface area contributed by atoms with Crippen LogP contribution >= 0.6 is 0 Å². The van der Waals surface area contributed by atoms with Crippen molar-refractivity contribution in [2.45, 2.75) is 38.1 Å². The molecule has 3 rings (SSSR count). The van der Waals surface area contributed by atoms with Crippen molar-refractivity contribution in [2.75, 3.05) is 18.8 Å². The minimum absolute atomic E-state index is 0.277. The summed E-state index contributed by atoms with van der Waals surface area (Å²) >= 11 is 0. The van der Waals surface area contributed by atoms with Gasteiger partial charge in [-0.05, 0) is 68.0 Å². The summed E-state index contributed by atoms with van der Waals surface area (Å²) < 4.78 is 0. The summed E-state index contributed by atoms with van der Waals surface area (Å²) in [4.78, 5) is 13.2. The predicted octanol–water partition coefficient (Wildman–Crippen LogP) is 2.56. The number of anilines is 1. The first-order valence-electron chi connectivity index (χ1n) is 7.31. The molecule has 1 saturated heterocycles. The molecule has 1 aromatic carbocycles. The average molecular weight is 258 g/mol. The van der Waals surface area contributed by atoms with Crippen LogP contribution in [0.2, 0.25) is 0 Å². The van der Waals surface area contributed by atoms with Gasteiger partial charge >= 0.3 is 0 Å². The van der Waals surface area contributed by atoms with Crippen molar-refractivity contribution < 1.29 is 4.79 Å². The zero-order chi connectivity index (χ0) is 13.2. The lowest BCUT2D eigenvalue weighted by Gasteiger charge is -2.29. The van der Waals surface area contributed by atoms with Crippen molar-refractivity contribution in [3.8, 4) is 0 Å². The quantitative estimate of drug-likeness (QED) is 0.667. The minimum Gasteiger partial charge on any atom is -0.399 e. The number of benzene rings is 1. The number of aldehydes is 1. The molecule has 1 aliphatic heterocycles. The Morgan fingerprint density at radius 1 is 1.16 bits per heavy atom. The van der Waals surface area contributed by atoms with Gasteiger partial charge in [-0.2, -0.15) is 0 Å². The number of carbonyl (C=O) groups excluding carboxylic acids is 1. The average Bonchev–Trinajstić information content (AvgIpc) is 3.23. The SMILES string of the molecule is Nc1cc(CN2CCC(C=O)CC2)cc(C2CC2)c1. The second kappa shape index (κ2) is 5.33. The van der Waals surface area contributed by atoms with Crippen LogP contribution in [0.3, 0.4) is 0 Å². The number of rotatable bonds is 4. The predicted molar refractivity (Wildman–Crippen MR) is 76.9 cm³/mol. The molecule has 0 bridgehead atoms. The largest absolute Gasteiger partial charge is 0.399 e. The number of nitrogens with two attached hydrogens (primary N) is 1. The van der Waals surface area contributed by atoms with Crippen LogP contribution in [0.15, 0.2) is 18.2 Å². The summed E-state index contributed by atoms with van der Waals surface area (Å²) in [6, 6.07) is 6.54. The second-order valence-electron chi connectivity index (χ2n) is 6.03. The number of likely N-dealkylation sites (tertiary alicyclic amines) is 1. The third kappa shape index (κ3) is 3.16. The monoisotopic (exact) mass is 258 g/mol. The molecule has 2 aliphatic rings. The topological polar surface area (TPSA) is 46.3 Å². The van der Waals surface area contributed by atoms with Crippen LogP contribution in [0.4, 0.5) is 5.69 Å². The van der Waals surface area contributed by atoms with Crippen molar-refractivity contribution in [2.24, 2.45) is 5.92 Å². The van der Waals surface area contributed by atoms with E-state index in [-0.39, 0.29) is 5.92 Å². The fraction of sp³-hybridized carbons (Fsp3) is 0.562. The van der Waals surface area contributed by atoms with Crippen LogP contribution in [-0.4, -0.2) is 24.3 Å². The first-order chi connectivity index (χ1) is 9.24. The Morgan fingerprint density at radius 2 is 1.89 bits per heavy atom. The zero-order valence-electron chi connectivity index (χ0n) is 11.3. The lowest BCUT2D eigenvalue weighted by atomic mass is 9.98. The van der Waals surface area contributed by atoms with E-state index in [9.17, 15) is 4.79 Å². The molecular formula is C16H22N2O. The second-order valence-corrected chi connectivity index (χ2v) is 6.03. The lowest BCUT2D eigenvalue weighted by molar-refractivity contribution is -0.112. The normalized spacial score (nSPS) is 21.5. The third-order valence-electron chi connectivity index (χ3n) is 4.32. The highest BCUT2D eigenvalue weighted by atomic mass is 16.1. The summed E-state index contributed by atoms with van der Waals surface area (Å²) in [5.41, 5.74) is 9.64. The lowest BCUT2D eigenvalue weighted by Crippen LogP contribution is -2.33. The van der Waals surface area contributed by atoms with E-state index >= 15 is 0 Å². The smallest absolute Gasteiger partial charge is 0.123 e. The van der Waals surface area contributed by atoms with E-state index in [2.05, 4.69) is 23.1 Å². The van der Waals surface area contributed by atoms with Gasteiger partial charge in [-0.15, -0.1) is 0 Å². The highest BCUT2D eigenvalue weighted by molar-refractivity contribution is 5.53. The Labute approximate surface area is 114 Å². The Hall–Kier alpha value is -1.35. The molecule has 0 atom stereocenters. The molecule has 1 saturated carbocycles. The fourth-order valence-corrected chi connectivity index (χ4v) is 2.99. The van der Waals surface area contributed by atoms with Gasteiger partial charge in [0.15, 0.2) is 0 Å². The molecule has 3 nitrogen and oxygen atoms in total. The van der Waals surface area contributed by atoms with Crippen LogP contribution < -0.4 is 5.73 Å². The maximum atomic E-state index is 10.8. The molecule has 2 N–H and O–H groups in total. The number of hydrogen-bond acceptors (Lipinski definition) is 3. The van der Waals surface area contributed by atoms with Crippen molar-refractivity contribution in [3.63, 3.8) is 0 Å². The van der Waals surface area contributed by atoms with Gasteiger partial charge in [-0.25, -0.2) is 0 Å². The van der Waals surface area contributed by atoms with E-state index in [1.54, 1.807) is 0 Å². The Morgan fingerprint density at radius 3 is 2.53 bits per heavy atom. The molecule has 102 valence electrons. The first kappa shape index (κ1) is 12.7.